The lowest BCUT2D eigenvalue weighted by atomic mass is 9.57. The zero-order chi connectivity index (χ0) is 24.0. The molecule has 184 valence electrons. The Bertz CT molecular complexity index is 1070. The molecule has 35 heavy (non-hydrogen) atoms. The fraction of sp³-hybridized carbons (Fsp3) is 0.533. The topological polar surface area (TPSA) is 61.4 Å². The van der Waals surface area contributed by atoms with E-state index in [4.69, 9.17) is 0 Å². The number of carbonyl (C=O) groups excluding carboxylic acids is 2. The summed E-state index contributed by atoms with van der Waals surface area (Å²) < 4.78 is 0. The van der Waals surface area contributed by atoms with Crippen molar-refractivity contribution in [3.8, 4) is 0 Å². The summed E-state index contributed by atoms with van der Waals surface area (Å²) in [5, 5.41) is 6.76. The van der Waals surface area contributed by atoms with Gasteiger partial charge >= 0.3 is 0 Å². The fourth-order valence-corrected chi connectivity index (χ4v) is 7.62. The van der Waals surface area contributed by atoms with Crippen LogP contribution in [0.25, 0.3) is 0 Å². The molecule has 3 heterocycles. The summed E-state index contributed by atoms with van der Waals surface area (Å²) in [5.41, 5.74) is 1.68. The largest absolute Gasteiger partial charge is 0.351 e. The van der Waals surface area contributed by atoms with E-state index in [0.29, 0.717) is 0 Å². The lowest BCUT2D eigenvalue weighted by molar-refractivity contribution is -0.154. The Balaban J connectivity index is 1.34. The molecule has 5 atom stereocenters. The second-order valence-corrected chi connectivity index (χ2v) is 11.5. The molecule has 5 fully saturated rings. The van der Waals surface area contributed by atoms with Gasteiger partial charge in [0.2, 0.25) is 11.8 Å². The van der Waals surface area contributed by atoms with Crippen LogP contribution in [-0.2, 0) is 22.6 Å². The van der Waals surface area contributed by atoms with Gasteiger partial charge in [-0.3, -0.25) is 14.5 Å². The number of likely N-dealkylation sites (tertiary alicyclic amines) is 1. The number of nitrogens with zero attached hydrogens (tertiary/aromatic N) is 1. The number of amides is 2. The number of hydrogen-bond donors (Lipinski definition) is 2. The van der Waals surface area contributed by atoms with Crippen LogP contribution < -0.4 is 10.6 Å². The molecule has 3 saturated heterocycles. The van der Waals surface area contributed by atoms with Crippen LogP contribution in [0.1, 0.15) is 50.2 Å². The number of rotatable bonds is 6. The lowest BCUT2D eigenvalue weighted by Crippen LogP contribution is -2.78. The number of nitrogens with one attached hydrogen (secondary N) is 2. The summed E-state index contributed by atoms with van der Waals surface area (Å²) in [4.78, 5) is 30.1. The van der Waals surface area contributed by atoms with Gasteiger partial charge in [0, 0.05) is 37.0 Å². The standard InChI is InChI=1S/C30H37N3O2/c1-20-12-14-24(15-13-20)31-29(35)30-23-17-26(28(34)32-30)25(16-21-8-4-2-5-9-21)27(30)33(19-23)18-22-10-6-3-7-11-22/h2-11,20,23-27H,12-19H2,1H3,(H,31,35)(H,32,34)/t20?,23-,24?,25+,26+,27-,30-/m0/s1. The zero-order valence-corrected chi connectivity index (χ0v) is 20.7. The average Bonchev–Trinajstić information content (AvgIpc) is 3.10. The molecule has 0 unspecified atom stereocenters. The number of hydrogen-bond acceptors (Lipinski definition) is 3. The molecule has 5 nitrogen and oxygen atoms in total. The van der Waals surface area contributed by atoms with Crippen LogP contribution in [0.2, 0.25) is 0 Å². The van der Waals surface area contributed by atoms with Crippen molar-refractivity contribution in [2.24, 2.45) is 23.7 Å². The highest BCUT2D eigenvalue weighted by atomic mass is 16.2. The minimum atomic E-state index is -0.830. The van der Waals surface area contributed by atoms with Gasteiger partial charge in [0.1, 0.15) is 5.54 Å². The van der Waals surface area contributed by atoms with Crippen molar-refractivity contribution in [3.05, 3.63) is 71.8 Å². The van der Waals surface area contributed by atoms with Gasteiger partial charge in [-0.1, -0.05) is 67.6 Å². The molecule has 5 aliphatic rings. The van der Waals surface area contributed by atoms with Gasteiger partial charge < -0.3 is 10.6 Å². The van der Waals surface area contributed by atoms with E-state index in [0.717, 1.165) is 57.5 Å². The van der Waals surface area contributed by atoms with Crippen molar-refractivity contribution >= 4 is 11.8 Å². The molecule has 0 radical (unpaired) electrons. The van der Waals surface area contributed by atoms with Crippen molar-refractivity contribution in [3.63, 3.8) is 0 Å². The summed E-state index contributed by atoms with van der Waals surface area (Å²) in [7, 11) is 0. The van der Waals surface area contributed by atoms with Crippen LogP contribution in [0.5, 0.6) is 0 Å². The molecule has 5 heteroatoms. The molecule has 2 saturated carbocycles. The molecule has 0 spiro atoms. The molecule has 0 aromatic heterocycles. The molecular weight excluding hydrogens is 434 g/mol. The molecular formula is C30H37N3O2. The Kier molecular flexibility index (Phi) is 5.92. The number of fused-ring (bicyclic) bond motifs is 1. The van der Waals surface area contributed by atoms with E-state index in [2.05, 4.69) is 71.0 Å². The molecule has 3 aliphatic heterocycles. The maximum Gasteiger partial charge on any atom is 0.247 e. The maximum atomic E-state index is 14.2. The lowest BCUT2D eigenvalue weighted by Gasteiger charge is -2.55. The van der Waals surface area contributed by atoms with Gasteiger partial charge in [0.05, 0.1) is 0 Å². The van der Waals surface area contributed by atoms with E-state index in [1.807, 2.05) is 12.1 Å². The summed E-state index contributed by atoms with van der Waals surface area (Å²) in [5.74, 6) is 1.13. The Hall–Kier alpha value is -2.66. The van der Waals surface area contributed by atoms with Crippen molar-refractivity contribution in [2.45, 2.75) is 69.6 Å². The van der Waals surface area contributed by atoms with Gasteiger partial charge in [0.25, 0.3) is 0 Å². The number of piperidine rings is 2. The van der Waals surface area contributed by atoms with Crippen LogP contribution in [0.15, 0.2) is 60.7 Å². The zero-order valence-electron chi connectivity index (χ0n) is 20.7. The third-order valence-electron chi connectivity index (χ3n) is 9.36. The Morgan fingerprint density at radius 2 is 1.66 bits per heavy atom. The second kappa shape index (κ2) is 9.09. The van der Waals surface area contributed by atoms with Gasteiger partial charge in [-0.25, -0.2) is 0 Å². The van der Waals surface area contributed by atoms with E-state index in [1.165, 1.54) is 11.1 Å². The predicted octanol–water partition coefficient (Wildman–Crippen LogP) is 3.93. The highest BCUT2D eigenvalue weighted by molar-refractivity contribution is 5.97. The first-order valence-electron chi connectivity index (χ1n) is 13.5. The molecule has 4 bridgehead atoms. The maximum absolute atomic E-state index is 14.2. The molecule has 2 aromatic rings. The SMILES string of the molecule is CC1CCC(NC(=O)[C@]23NC(=O)[C@@H]4C[C@H]2CN(Cc2ccccc2)[C@H]3[C@@H]4Cc2ccccc2)CC1. The molecule has 7 rings (SSSR count). The smallest absolute Gasteiger partial charge is 0.247 e. The fourth-order valence-electron chi connectivity index (χ4n) is 7.62. The first kappa shape index (κ1) is 22.8. The predicted molar refractivity (Wildman–Crippen MR) is 136 cm³/mol. The second-order valence-electron chi connectivity index (χ2n) is 11.5. The minimum Gasteiger partial charge on any atom is -0.351 e. The van der Waals surface area contributed by atoms with E-state index in [1.54, 1.807) is 0 Å². The summed E-state index contributed by atoms with van der Waals surface area (Å²) >= 11 is 0. The third kappa shape index (κ3) is 3.98. The Morgan fingerprint density at radius 1 is 1.00 bits per heavy atom. The molecule has 2 aliphatic carbocycles. The Labute approximate surface area is 208 Å². The summed E-state index contributed by atoms with van der Waals surface area (Å²) in [6.45, 7) is 3.97. The van der Waals surface area contributed by atoms with Crippen LogP contribution in [0.3, 0.4) is 0 Å². The number of carbonyl (C=O) groups is 2. The van der Waals surface area contributed by atoms with Crippen molar-refractivity contribution in [1.82, 2.24) is 15.5 Å². The van der Waals surface area contributed by atoms with Crippen molar-refractivity contribution in [2.75, 3.05) is 6.54 Å². The van der Waals surface area contributed by atoms with E-state index in [9.17, 15) is 9.59 Å². The highest BCUT2D eigenvalue weighted by Crippen LogP contribution is 2.54. The van der Waals surface area contributed by atoms with Gasteiger partial charge in [0.15, 0.2) is 0 Å². The van der Waals surface area contributed by atoms with Crippen molar-refractivity contribution in [1.29, 1.82) is 0 Å². The molecule has 2 N–H and O–H groups in total. The summed E-state index contributed by atoms with van der Waals surface area (Å²) in [6, 6.07) is 21.3. The minimum absolute atomic E-state index is 0.00637. The normalized spacial score (nSPS) is 36.1. The third-order valence-corrected chi connectivity index (χ3v) is 9.36. The summed E-state index contributed by atoms with van der Waals surface area (Å²) in [6.07, 6.45) is 6.04. The van der Waals surface area contributed by atoms with Crippen molar-refractivity contribution < 1.29 is 9.59 Å². The quantitative estimate of drug-likeness (QED) is 0.671. The number of benzene rings is 2. The first-order chi connectivity index (χ1) is 17.0. The van der Waals surface area contributed by atoms with Gasteiger partial charge in [-0.05, 0) is 61.5 Å². The van der Waals surface area contributed by atoms with Crippen LogP contribution in [0.4, 0.5) is 0 Å². The van der Waals surface area contributed by atoms with Crippen LogP contribution in [0, 0.1) is 23.7 Å². The molecule has 2 amide bonds. The van der Waals surface area contributed by atoms with E-state index >= 15 is 0 Å². The average molecular weight is 472 g/mol. The first-order valence-corrected chi connectivity index (χ1v) is 13.5. The van der Waals surface area contributed by atoms with E-state index < -0.39 is 5.54 Å². The van der Waals surface area contributed by atoms with Gasteiger partial charge in [-0.2, -0.15) is 0 Å². The van der Waals surface area contributed by atoms with Crippen LogP contribution in [-0.4, -0.2) is 40.9 Å². The van der Waals surface area contributed by atoms with Gasteiger partial charge in [-0.15, -0.1) is 0 Å². The van der Waals surface area contributed by atoms with Crippen LogP contribution >= 0.6 is 0 Å². The monoisotopic (exact) mass is 471 g/mol. The Morgan fingerprint density at radius 3 is 2.34 bits per heavy atom. The van der Waals surface area contributed by atoms with E-state index in [-0.39, 0.29) is 41.7 Å². The molecule has 2 aromatic carbocycles. The highest BCUT2D eigenvalue weighted by Gasteiger charge is 2.70.